The van der Waals surface area contributed by atoms with E-state index in [1.54, 1.807) is 6.20 Å². The normalized spacial score (nSPS) is 11.6. The number of hydrogen-bond acceptors (Lipinski definition) is 4. The van der Waals surface area contributed by atoms with Crippen molar-refractivity contribution in [1.82, 2.24) is 9.97 Å². The summed E-state index contributed by atoms with van der Waals surface area (Å²) in [5.41, 5.74) is 7.56. The van der Waals surface area contributed by atoms with Gasteiger partial charge in [0.15, 0.2) is 0 Å². The van der Waals surface area contributed by atoms with Crippen LogP contribution in [0.2, 0.25) is 0 Å². The van der Waals surface area contributed by atoms with Crippen LogP contribution >= 0.6 is 0 Å². The second-order valence-electron chi connectivity index (χ2n) is 4.26. The van der Waals surface area contributed by atoms with E-state index >= 15 is 0 Å². The van der Waals surface area contributed by atoms with E-state index in [-0.39, 0.29) is 5.54 Å². The minimum Gasteiger partial charge on any atom is -0.474 e. The Morgan fingerprint density at radius 2 is 1.94 bits per heavy atom. The minimum atomic E-state index is -0.266. The van der Waals surface area contributed by atoms with Crippen molar-refractivity contribution in [1.29, 1.82) is 0 Å². The van der Waals surface area contributed by atoms with Crippen molar-refractivity contribution in [2.45, 2.75) is 46.1 Å². The zero-order valence-electron chi connectivity index (χ0n) is 10.6. The molecule has 4 nitrogen and oxygen atoms in total. The fourth-order valence-electron chi connectivity index (χ4n) is 1.32. The number of aryl methyl sites for hydroxylation is 2. The summed E-state index contributed by atoms with van der Waals surface area (Å²) in [6.07, 6.45) is 3.51. The maximum absolute atomic E-state index is 6.16. The van der Waals surface area contributed by atoms with Crippen LogP contribution in [0.4, 0.5) is 0 Å². The van der Waals surface area contributed by atoms with Gasteiger partial charge in [-0.05, 0) is 26.7 Å². The smallest absolute Gasteiger partial charge is 0.235 e. The van der Waals surface area contributed by atoms with Gasteiger partial charge in [0.05, 0.1) is 11.4 Å². The molecule has 0 saturated carbocycles. The molecule has 16 heavy (non-hydrogen) atoms. The lowest BCUT2D eigenvalue weighted by Gasteiger charge is -2.26. The molecule has 0 amide bonds. The SMILES string of the molecule is CCC(N)(CC)COc1nc(C)cnc1C. The quantitative estimate of drug-likeness (QED) is 0.829. The van der Waals surface area contributed by atoms with Crippen molar-refractivity contribution < 1.29 is 4.74 Å². The first-order valence-corrected chi connectivity index (χ1v) is 5.72. The number of aromatic nitrogens is 2. The Labute approximate surface area is 97.2 Å². The Morgan fingerprint density at radius 3 is 2.50 bits per heavy atom. The summed E-state index contributed by atoms with van der Waals surface area (Å²) in [6, 6.07) is 0. The summed E-state index contributed by atoms with van der Waals surface area (Å²) >= 11 is 0. The Morgan fingerprint density at radius 1 is 1.31 bits per heavy atom. The molecule has 0 aliphatic carbocycles. The third-order valence-corrected chi connectivity index (χ3v) is 2.94. The molecule has 0 aliphatic rings. The molecule has 1 aromatic rings. The van der Waals surface area contributed by atoms with E-state index in [1.165, 1.54) is 0 Å². The van der Waals surface area contributed by atoms with Crippen LogP contribution in [0.5, 0.6) is 5.88 Å². The Hall–Kier alpha value is -1.16. The molecule has 0 aliphatic heterocycles. The molecule has 1 heterocycles. The molecular formula is C12H21N3O. The second kappa shape index (κ2) is 5.25. The van der Waals surface area contributed by atoms with Crippen LogP contribution in [0.3, 0.4) is 0 Å². The summed E-state index contributed by atoms with van der Waals surface area (Å²) in [6.45, 7) is 8.41. The largest absolute Gasteiger partial charge is 0.474 e. The van der Waals surface area contributed by atoms with Crippen LogP contribution in [0, 0.1) is 13.8 Å². The summed E-state index contributed by atoms with van der Waals surface area (Å²) in [5, 5.41) is 0. The monoisotopic (exact) mass is 223 g/mol. The molecule has 0 atom stereocenters. The molecular weight excluding hydrogens is 202 g/mol. The van der Waals surface area contributed by atoms with Crippen LogP contribution in [-0.2, 0) is 0 Å². The average Bonchev–Trinajstić information content (AvgIpc) is 2.30. The summed E-state index contributed by atoms with van der Waals surface area (Å²) < 4.78 is 5.67. The van der Waals surface area contributed by atoms with E-state index in [2.05, 4.69) is 23.8 Å². The van der Waals surface area contributed by atoms with E-state index in [4.69, 9.17) is 10.5 Å². The Balaban J connectivity index is 2.70. The number of hydrogen-bond donors (Lipinski definition) is 1. The minimum absolute atomic E-state index is 0.266. The van der Waals surface area contributed by atoms with E-state index in [1.807, 2.05) is 13.8 Å². The van der Waals surface area contributed by atoms with Gasteiger partial charge in [-0.1, -0.05) is 13.8 Å². The summed E-state index contributed by atoms with van der Waals surface area (Å²) in [4.78, 5) is 8.51. The van der Waals surface area contributed by atoms with Crippen molar-refractivity contribution in [2.24, 2.45) is 5.73 Å². The van der Waals surface area contributed by atoms with Crippen LogP contribution in [-0.4, -0.2) is 22.1 Å². The molecule has 1 rings (SSSR count). The Kier molecular flexibility index (Phi) is 4.24. The fourth-order valence-corrected chi connectivity index (χ4v) is 1.32. The number of nitrogens with two attached hydrogens (primary N) is 1. The molecule has 0 saturated heterocycles. The first-order valence-electron chi connectivity index (χ1n) is 5.72. The predicted octanol–water partition coefficient (Wildman–Crippen LogP) is 1.99. The highest BCUT2D eigenvalue weighted by molar-refractivity contribution is 5.18. The van der Waals surface area contributed by atoms with Gasteiger partial charge in [0.2, 0.25) is 5.88 Å². The lowest BCUT2D eigenvalue weighted by Crippen LogP contribution is -2.44. The standard InChI is InChI=1S/C12H21N3O/c1-5-12(13,6-2)8-16-11-10(4)14-7-9(3)15-11/h7H,5-6,8,13H2,1-4H3. The predicted molar refractivity (Wildman–Crippen MR) is 64.5 cm³/mol. The van der Waals surface area contributed by atoms with Crippen LogP contribution < -0.4 is 10.5 Å². The second-order valence-corrected chi connectivity index (χ2v) is 4.26. The number of ether oxygens (including phenoxy) is 1. The first-order chi connectivity index (χ1) is 7.50. The molecule has 90 valence electrons. The van der Waals surface area contributed by atoms with Crippen molar-refractivity contribution in [3.63, 3.8) is 0 Å². The van der Waals surface area contributed by atoms with Crippen molar-refractivity contribution >= 4 is 0 Å². The van der Waals surface area contributed by atoms with Crippen LogP contribution in [0.1, 0.15) is 38.1 Å². The highest BCUT2D eigenvalue weighted by Gasteiger charge is 2.21. The molecule has 0 radical (unpaired) electrons. The number of nitrogens with zero attached hydrogens (tertiary/aromatic N) is 2. The van der Waals surface area contributed by atoms with E-state index in [0.717, 1.165) is 24.2 Å². The highest BCUT2D eigenvalue weighted by Crippen LogP contribution is 2.16. The Bertz CT molecular complexity index is 348. The van der Waals surface area contributed by atoms with Gasteiger partial charge in [-0.3, -0.25) is 4.98 Å². The average molecular weight is 223 g/mol. The zero-order chi connectivity index (χ0) is 12.2. The van der Waals surface area contributed by atoms with Gasteiger partial charge in [-0.15, -0.1) is 0 Å². The van der Waals surface area contributed by atoms with Gasteiger partial charge in [0, 0.05) is 11.7 Å². The molecule has 2 N–H and O–H groups in total. The summed E-state index contributed by atoms with van der Waals surface area (Å²) in [5.74, 6) is 0.594. The lowest BCUT2D eigenvalue weighted by atomic mass is 9.96. The van der Waals surface area contributed by atoms with Crippen molar-refractivity contribution in [2.75, 3.05) is 6.61 Å². The molecule has 1 aromatic heterocycles. The van der Waals surface area contributed by atoms with Gasteiger partial charge < -0.3 is 10.5 Å². The maximum Gasteiger partial charge on any atom is 0.235 e. The number of rotatable bonds is 5. The highest BCUT2D eigenvalue weighted by atomic mass is 16.5. The van der Waals surface area contributed by atoms with E-state index < -0.39 is 0 Å². The van der Waals surface area contributed by atoms with Crippen LogP contribution in [0.25, 0.3) is 0 Å². The van der Waals surface area contributed by atoms with Gasteiger partial charge >= 0.3 is 0 Å². The molecule has 0 unspecified atom stereocenters. The third kappa shape index (κ3) is 3.17. The third-order valence-electron chi connectivity index (χ3n) is 2.94. The molecule has 0 aromatic carbocycles. The topological polar surface area (TPSA) is 61.0 Å². The van der Waals surface area contributed by atoms with E-state index in [9.17, 15) is 0 Å². The fraction of sp³-hybridized carbons (Fsp3) is 0.667. The van der Waals surface area contributed by atoms with Gasteiger partial charge in [-0.2, -0.15) is 0 Å². The van der Waals surface area contributed by atoms with Crippen molar-refractivity contribution in [3.05, 3.63) is 17.6 Å². The molecule has 0 fully saturated rings. The van der Waals surface area contributed by atoms with Gasteiger partial charge in [0.25, 0.3) is 0 Å². The van der Waals surface area contributed by atoms with E-state index in [0.29, 0.717) is 12.5 Å². The molecule has 0 spiro atoms. The summed E-state index contributed by atoms with van der Waals surface area (Å²) in [7, 11) is 0. The molecule has 4 heteroatoms. The first kappa shape index (κ1) is 12.9. The lowest BCUT2D eigenvalue weighted by molar-refractivity contribution is 0.198. The van der Waals surface area contributed by atoms with Gasteiger partial charge in [0.1, 0.15) is 6.61 Å². The zero-order valence-corrected chi connectivity index (χ0v) is 10.6. The van der Waals surface area contributed by atoms with Crippen LogP contribution in [0.15, 0.2) is 6.20 Å². The van der Waals surface area contributed by atoms with Crippen molar-refractivity contribution in [3.8, 4) is 5.88 Å². The maximum atomic E-state index is 6.16. The molecule has 0 bridgehead atoms. The van der Waals surface area contributed by atoms with Gasteiger partial charge in [-0.25, -0.2) is 4.98 Å².